The van der Waals surface area contributed by atoms with E-state index in [1.165, 1.54) is 4.88 Å². The van der Waals surface area contributed by atoms with Crippen LogP contribution in [-0.4, -0.2) is 18.1 Å². The van der Waals surface area contributed by atoms with Crippen LogP contribution in [0.2, 0.25) is 0 Å². The van der Waals surface area contributed by atoms with Gasteiger partial charge in [0.1, 0.15) is 0 Å². The van der Waals surface area contributed by atoms with Gasteiger partial charge in [-0.05, 0) is 48.5 Å². The van der Waals surface area contributed by atoms with Gasteiger partial charge in [-0.15, -0.1) is 11.3 Å². The van der Waals surface area contributed by atoms with Crippen molar-refractivity contribution < 1.29 is 4.42 Å². The Balaban J connectivity index is 2.13. The summed E-state index contributed by atoms with van der Waals surface area (Å²) in [7, 11) is 1.97. The average molecular weight is 301 g/mol. The average Bonchev–Trinajstić information content (AvgIpc) is 2.87. The van der Waals surface area contributed by atoms with E-state index in [0.29, 0.717) is 6.04 Å². The van der Waals surface area contributed by atoms with Crippen LogP contribution >= 0.6 is 27.3 Å². The van der Waals surface area contributed by atoms with E-state index < -0.39 is 0 Å². The van der Waals surface area contributed by atoms with Crippen LogP contribution in [0.25, 0.3) is 10.8 Å². The first kappa shape index (κ1) is 11.8. The second-order valence-electron chi connectivity index (χ2n) is 3.63. The second-order valence-corrected chi connectivity index (χ2v) is 5.53. The summed E-state index contributed by atoms with van der Waals surface area (Å²) >= 11 is 4.97. The maximum atomic E-state index is 5.46. The van der Waals surface area contributed by atoms with Crippen molar-refractivity contribution in [3.8, 4) is 10.8 Å². The Labute approximate surface area is 107 Å². The van der Waals surface area contributed by atoms with Gasteiger partial charge in [-0.3, -0.25) is 0 Å². The van der Waals surface area contributed by atoms with Crippen LogP contribution < -0.4 is 5.32 Å². The Morgan fingerprint density at radius 2 is 2.38 bits per heavy atom. The van der Waals surface area contributed by atoms with E-state index in [-0.39, 0.29) is 0 Å². The van der Waals surface area contributed by atoms with Crippen LogP contribution in [0.1, 0.15) is 11.8 Å². The predicted octanol–water partition coefficient (Wildman–Crippen LogP) is 3.32. The van der Waals surface area contributed by atoms with E-state index in [9.17, 15) is 0 Å². The molecule has 5 heteroatoms. The smallest absolute Gasteiger partial charge is 0.170 e. The lowest BCUT2D eigenvalue weighted by Gasteiger charge is -2.06. The molecule has 86 valence electrons. The topological polar surface area (TPSA) is 38.1 Å². The van der Waals surface area contributed by atoms with Gasteiger partial charge in [0.05, 0.1) is 0 Å². The normalized spacial score (nSPS) is 12.9. The predicted molar refractivity (Wildman–Crippen MR) is 69.7 cm³/mol. The SMILES string of the molecule is CNC(C)Cc1cnc(-c2ccc(Br)o2)s1. The summed E-state index contributed by atoms with van der Waals surface area (Å²) in [5.41, 5.74) is 0. The number of halogens is 1. The van der Waals surface area contributed by atoms with Crippen molar-refractivity contribution in [1.29, 1.82) is 0 Å². The third kappa shape index (κ3) is 2.72. The highest BCUT2D eigenvalue weighted by molar-refractivity contribution is 9.10. The van der Waals surface area contributed by atoms with E-state index in [1.54, 1.807) is 11.3 Å². The molecule has 0 aliphatic carbocycles. The molecule has 0 saturated carbocycles. The molecular formula is C11H13BrN2OS. The summed E-state index contributed by atoms with van der Waals surface area (Å²) in [6.07, 6.45) is 2.92. The van der Waals surface area contributed by atoms with Gasteiger partial charge in [0, 0.05) is 17.1 Å². The van der Waals surface area contributed by atoms with Gasteiger partial charge in [0.25, 0.3) is 0 Å². The zero-order valence-corrected chi connectivity index (χ0v) is 11.6. The van der Waals surface area contributed by atoms with E-state index in [4.69, 9.17) is 4.42 Å². The second kappa shape index (κ2) is 5.12. The number of aromatic nitrogens is 1. The summed E-state index contributed by atoms with van der Waals surface area (Å²) < 4.78 is 6.20. The first-order valence-corrected chi connectivity index (χ1v) is 6.67. The highest BCUT2D eigenvalue weighted by Crippen LogP contribution is 2.29. The van der Waals surface area contributed by atoms with Crippen molar-refractivity contribution in [2.24, 2.45) is 0 Å². The van der Waals surface area contributed by atoms with Crippen LogP contribution in [0.15, 0.2) is 27.4 Å². The molecule has 2 aromatic rings. The quantitative estimate of drug-likeness (QED) is 0.941. The largest absolute Gasteiger partial charge is 0.447 e. The third-order valence-corrected chi connectivity index (χ3v) is 3.80. The minimum absolute atomic E-state index is 0.469. The number of nitrogens with zero attached hydrogens (tertiary/aromatic N) is 1. The maximum absolute atomic E-state index is 5.46. The van der Waals surface area contributed by atoms with Crippen molar-refractivity contribution in [2.45, 2.75) is 19.4 Å². The molecule has 1 atom stereocenters. The molecule has 0 radical (unpaired) electrons. The number of furan rings is 1. The Morgan fingerprint density at radius 3 is 3.00 bits per heavy atom. The highest BCUT2D eigenvalue weighted by atomic mass is 79.9. The lowest BCUT2D eigenvalue weighted by atomic mass is 10.2. The van der Waals surface area contributed by atoms with E-state index in [0.717, 1.165) is 21.9 Å². The lowest BCUT2D eigenvalue weighted by Crippen LogP contribution is -2.22. The number of thiazole rings is 1. The van der Waals surface area contributed by atoms with Crippen molar-refractivity contribution >= 4 is 27.3 Å². The van der Waals surface area contributed by atoms with Crippen LogP contribution in [0.3, 0.4) is 0 Å². The molecule has 2 heterocycles. The van der Waals surface area contributed by atoms with Crippen LogP contribution in [0.4, 0.5) is 0 Å². The first-order valence-electron chi connectivity index (χ1n) is 5.06. The van der Waals surface area contributed by atoms with Gasteiger partial charge in [-0.25, -0.2) is 4.98 Å². The fourth-order valence-corrected chi connectivity index (χ4v) is 2.66. The van der Waals surface area contributed by atoms with Crippen molar-refractivity contribution in [3.05, 3.63) is 27.9 Å². The fraction of sp³-hybridized carbons (Fsp3) is 0.364. The zero-order valence-electron chi connectivity index (χ0n) is 9.16. The Morgan fingerprint density at radius 1 is 1.56 bits per heavy atom. The summed E-state index contributed by atoms with van der Waals surface area (Å²) in [5.74, 6) is 0.820. The maximum Gasteiger partial charge on any atom is 0.170 e. The molecule has 16 heavy (non-hydrogen) atoms. The molecule has 0 spiro atoms. The number of rotatable bonds is 4. The fourth-order valence-electron chi connectivity index (χ4n) is 1.35. The molecule has 1 N–H and O–H groups in total. The van der Waals surface area contributed by atoms with Gasteiger partial charge in [0.15, 0.2) is 15.4 Å². The number of nitrogens with one attached hydrogen (secondary N) is 1. The van der Waals surface area contributed by atoms with Gasteiger partial charge < -0.3 is 9.73 Å². The summed E-state index contributed by atoms with van der Waals surface area (Å²) in [4.78, 5) is 5.63. The molecule has 0 bridgehead atoms. The molecule has 2 rings (SSSR count). The minimum atomic E-state index is 0.469. The van der Waals surface area contributed by atoms with Gasteiger partial charge in [-0.2, -0.15) is 0 Å². The molecule has 2 aromatic heterocycles. The third-order valence-electron chi connectivity index (χ3n) is 2.34. The van der Waals surface area contributed by atoms with E-state index in [2.05, 4.69) is 33.2 Å². The van der Waals surface area contributed by atoms with E-state index >= 15 is 0 Å². The molecule has 3 nitrogen and oxygen atoms in total. The zero-order chi connectivity index (χ0) is 11.5. The summed E-state index contributed by atoms with van der Waals surface area (Å²) in [6, 6.07) is 4.28. The molecule has 0 aromatic carbocycles. The minimum Gasteiger partial charge on any atom is -0.447 e. The number of hydrogen-bond donors (Lipinski definition) is 1. The van der Waals surface area contributed by atoms with Gasteiger partial charge in [-0.1, -0.05) is 0 Å². The molecule has 0 saturated heterocycles. The van der Waals surface area contributed by atoms with Crippen molar-refractivity contribution in [3.63, 3.8) is 0 Å². The first-order chi connectivity index (χ1) is 7.69. The highest BCUT2D eigenvalue weighted by Gasteiger charge is 2.10. The Bertz CT molecular complexity index is 466. The van der Waals surface area contributed by atoms with E-state index in [1.807, 2.05) is 25.4 Å². The Hall–Kier alpha value is -0.650. The number of likely N-dealkylation sites (N-methyl/N-ethyl adjacent to an activating group) is 1. The molecule has 0 amide bonds. The van der Waals surface area contributed by atoms with Gasteiger partial charge in [0.2, 0.25) is 0 Å². The molecule has 0 aliphatic rings. The lowest BCUT2D eigenvalue weighted by molar-refractivity contribution is 0.555. The van der Waals surface area contributed by atoms with Crippen LogP contribution in [0, 0.1) is 0 Å². The summed E-state index contributed by atoms with van der Waals surface area (Å²) in [5, 5.41) is 4.15. The number of hydrogen-bond acceptors (Lipinski definition) is 4. The van der Waals surface area contributed by atoms with Crippen LogP contribution in [-0.2, 0) is 6.42 Å². The molecule has 0 fully saturated rings. The molecular weight excluding hydrogens is 288 g/mol. The van der Waals surface area contributed by atoms with Crippen molar-refractivity contribution in [1.82, 2.24) is 10.3 Å². The monoisotopic (exact) mass is 300 g/mol. The Kier molecular flexibility index (Phi) is 3.78. The standard InChI is InChI=1S/C11H13BrN2OS/c1-7(13-2)5-8-6-14-11(16-8)9-3-4-10(12)15-9/h3-4,6-7,13H,5H2,1-2H3. The van der Waals surface area contributed by atoms with Crippen LogP contribution in [0.5, 0.6) is 0 Å². The van der Waals surface area contributed by atoms with Crippen molar-refractivity contribution in [2.75, 3.05) is 7.05 Å². The van der Waals surface area contributed by atoms with Gasteiger partial charge >= 0.3 is 0 Å². The molecule has 0 aliphatic heterocycles. The molecule has 1 unspecified atom stereocenters. The summed E-state index contributed by atoms with van der Waals surface area (Å²) in [6.45, 7) is 2.16.